The molecule has 0 atom stereocenters. The van der Waals surface area contributed by atoms with Crippen LogP contribution in [0.1, 0.15) is 10.4 Å². The Morgan fingerprint density at radius 3 is 2.77 bits per heavy atom. The zero-order valence-corrected chi connectivity index (χ0v) is 8.26. The third kappa shape index (κ3) is 1.77. The van der Waals surface area contributed by atoms with Crippen LogP contribution in [0.25, 0.3) is 10.9 Å². The van der Waals surface area contributed by atoms with Crippen molar-refractivity contribution in [2.75, 3.05) is 0 Å². The van der Waals surface area contributed by atoms with Crippen molar-refractivity contribution in [1.82, 2.24) is 4.98 Å². The monoisotopic (exact) mass is 211 g/mol. The van der Waals surface area contributed by atoms with E-state index in [9.17, 15) is 0 Å². The number of alkyl halides is 2. The van der Waals surface area contributed by atoms with Gasteiger partial charge in [-0.15, -0.1) is 23.2 Å². The van der Waals surface area contributed by atoms with Crippen molar-refractivity contribution in [3.05, 3.63) is 42.1 Å². The van der Waals surface area contributed by atoms with Gasteiger partial charge in [0.15, 0.2) is 0 Å². The Kier molecular flexibility index (Phi) is 2.38. The average molecular weight is 212 g/mol. The molecule has 0 spiro atoms. The maximum Gasteiger partial charge on any atom is 0.132 e. The van der Waals surface area contributed by atoms with Crippen LogP contribution >= 0.6 is 23.2 Å². The minimum Gasteiger partial charge on any atom is -0.256 e. The van der Waals surface area contributed by atoms with Gasteiger partial charge in [-0.25, -0.2) is 0 Å². The molecule has 0 N–H and O–H groups in total. The lowest BCUT2D eigenvalue weighted by Gasteiger charge is -2.02. The fourth-order valence-electron chi connectivity index (χ4n) is 1.22. The number of hydrogen-bond donors (Lipinski definition) is 0. The lowest BCUT2D eigenvalue weighted by Crippen LogP contribution is -1.83. The van der Waals surface area contributed by atoms with Gasteiger partial charge < -0.3 is 0 Å². The summed E-state index contributed by atoms with van der Waals surface area (Å²) in [6.45, 7) is 0. The summed E-state index contributed by atoms with van der Waals surface area (Å²) >= 11 is 11.5. The first-order valence-corrected chi connectivity index (χ1v) is 4.77. The van der Waals surface area contributed by atoms with Crippen LogP contribution in [-0.2, 0) is 0 Å². The smallest absolute Gasteiger partial charge is 0.132 e. The predicted molar refractivity (Wildman–Crippen MR) is 56.2 cm³/mol. The molecule has 0 fully saturated rings. The van der Waals surface area contributed by atoms with Crippen LogP contribution in [0.5, 0.6) is 0 Å². The molecule has 0 saturated heterocycles. The first-order chi connectivity index (χ1) is 6.27. The standard InChI is InChI=1S/C10H7Cl2N/c11-10(12)8-4-3-7-2-1-5-13-9(7)6-8/h1-6,10H. The molecule has 2 aromatic rings. The molecule has 13 heavy (non-hydrogen) atoms. The summed E-state index contributed by atoms with van der Waals surface area (Å²) in [7, 11) is 0. The van der Waals surface area contributed by atoms with E-state index in [4.69, 9.17) is 23.2 Å². The molecule has 0 aliphatic rings. The van der Waals surface area contributed by atoms with Gasteiger partial charge >= 0.3 is 0 Å². The molecule has 66 valence electrons. The second-order valence-corrected chi connectivity index (χ2v) is 3.85. The van der Waals surface area contributed by atoms with E-state index in [0.29, 0.717) is 0 Å². The van der Waals surface area contributed by atoms with Crippen LogP contribution in [0, 0.1) is 0 Å². The van der Waals surface area contributed by atoms with Crippen LogP contribution in [0.2, 0.25) is 0 Å². The quantitative estimate of drug-likeness (QED) is 0.656. The molecule has 1 nitrogen and oxygen atoms in total. The average Bonchev–Trinajstić information content (AvgIpc) is 2.17. The molecular formula is C10H7Cl2N. The normalized spacial score (nSPS) is 11.0. The Bertz CT molecular complexity index is 426. The van der Waals surface area contributed by atoms with E-state index < -0.39 is 4.84 Å². The molecule has 0 unspecified atom stereocenters. The summed E-state index contributed by atoms with van der Waals surface area (Å²) in [4.78, 5) is 3.73. The Hall–Kier alpha value is -0.790. The zero-order chi connectivity index (χ0) is 9.26. The van der Waals surface area contributed by atoms with E-state index in [2.05, 4.69) is 4.98 Å². The summed E-state index contributed by atoms with van der Waals surface area (Å²) in [6.07, 6.45) is 1.75. The summed E-state index contributed by atoms with van der Waals surface area (Å²) in [5.74, 6) is 0. The molecular weight excluding hydrogens is 205 g/mol. The van der Waals surface area contributed by atoms with Crippen LogP contribution in [0.15, 0.2) is 36.5 Å². The number of nitrogens with zero attached hydrogens (tertiary/aromatic N) is 1. The van der Waals surface area contributed by atoms with Crippen LogP contribution in [-0.4, -0.2) is 4.98 Å². The second-order valence-electron chi connectivity index (χ2n) is 2.76. The van der Waals surface area contributed by atoms with Gasteiger partial charge in [0.2, 0.25) is 0 Å². The van der Waals surface area contributed by atoms with Crippen LogP contribution in [0.4, 0.5) is 0 Å². The largest absolute Gasteiger partial charge is 0.256 e. The van der Waals surface area contributed by atoms with Gasteiger partial charge in [-0.1, -0.05) is 18.2 Å². The number of hydrogen-bond acceptors (Lipinski definition) is 1. The van der Waals surface area contributed by atoms with Gasteiger partial charge in [0.1, 0.15) is 4.84 Å². The van der Waals surface area contributed by atoms with Crippen molar-refractivity contribution in [1.29, 1.82) is 0 Å². The molecule has 1 heterocycles. The maximum atomic E-state index is 5.74. The van der Waals surface area contributed by atoms with Gasteiger partial charge in [-0.3, -0.25) is 4.98 Å². The van der Waals surface area contributed by atoms with Crippen molar-refractivity contribution < 1.29 is 0 Å². The van der Waals surface area contributed by atoms with E-state index in [-0.39, 0.29) is 0 Å². The molecule has 0 amide bonds. The number of benzene rings is 1. The molecule has 0 aliphatic carbocycles. The second kappa shape index (κ2) is 3.52. The number of halogens is 2. The molecule has 0 aliphatic heterocycles. The lowest BCUT2D eigenvalue weighted by atomic mass is 10.1. The van der Waals surface area contributed by atoms with Crippen molar-refractivity contribution >= 4 is 34.1 Å². The van der Waals surface area contributed by atoms with Gasteiger partial charge in [0.05, 0.1) is 5.52 Å². The predicted octanol–water partition coefficient (Wildman–Crippen LogP) is 3.71. The minimum atomic E-state index is -0.480. The summed E-state index contributed by atoms with van der Waals surface area (Å²) in [6, 6.07) is 9.69. The molecule has 0 saturated carbocycles. The van der Waals surface area contributed by atoms with Crippen molar-refractivity contribution in [2.45, 2.75) is 4.84 Å². The minimum absolute atomic E-state index is 0.480. The van der Waals surface area contributed by atoms with E-state index in [1.54, 1.807) is 6.20 Å². The van der Waals surface area contributed by atoms with Gasteiger partial charge in [0.25, 0.3) is 0 Å². The van der Waals surface area contributed by atoms with Crippen molar-refractivity contribution in [3.8, 4) is 0 Å². The SMILES string of the molecule is ClC(Cl)c1ccc2cccnc2c1. The van der Waals surface area contributed by atoms with Gasteiger partial charge in [-0.2, -0.15) is 0 Å². The highest BCUT2D eigenvalue weighted by Gasteiger charge is 2.03. The van der Waals surface area contributed by atoms with Crippen molar-refractivity contribution in [2.24, 2.45) is 0 Å². The van der Waals surface area contributed by atoms with E-state index >= 15 is 0 Å². The van der Waals surface area contributed by atoms with Gasteiger partial charge in [0, 0.05) is 11.6 Å². The fraction of sp³-hybridized carbons (Fsp3) is 0.100. The van der Waals surface area contributed by atoms with E-state index in [1.807, 2.05) is 30.3 Å². The number of pyridine rings is 1. The number of fused-ring (bicyclic) bond motifs is 1. The molecule has 1 aromatic heterocycles. The Labute approximate surface area is 86.3 Å². The highest BCUT2D eigenvalue weighted by atomic mass is 35.5. The Morgan fingerprint density at radius 2 is 2.00 bits per heavy atom. The fourth-order valence-corrected chi connectivity index (χ4v) is 1.49. The first-order valence-electron chi connectivity index (χ1n) is 3.90. The van der Waals surface area contributed by atoms with Crippen LogP contribution < -0.4 is 0 Å². The van der Waals surface area contributed by atoms with Crippen LogP contribution in [0.3, 0.4) is 0 Å². The number of rotatable bonds is 1. The maximum absolute atomic E-state index is 5.74. The lowest BCUT2D eigenvalue weighted by molar-refractivity contribution is 1.33. The molecule has 0 bridgehead atoms. The van der Waals surface area contributed by atoms with Gasteiger partial charge in [-0.05, 0) is 17.7 Å². The molecule has 1 aromatic carbocycles. The number of aromatic nitrogens is 1. The van der Waals surface area contributed by atoms with Crippen molar-refractivity contribution in [3.63, 3.8) is 0 Å². The summed E-state index contributed by atoms with van der Waals surface area (Å²) < 4.78 is 0. The molecule has 0 radical (unpaired) electrons. The van der Waals surface area contributed by atoms with E-state index in [1.165, 1.54) is 0 Å². The first kappa shape index (κ1) is 8.79. The summed E-state index contributed by atoms with van der Waals surface area (Å²) in [5, 5.41) is 1.10. The third-order valence-corrected chi connectivity index (χ3v) is 2.39. The molecule has 2 rings (SSSR count). The Balaban J connectivity index is 2.62. The topological polar surface area (TPSA) is 12.9 Å². The molecule has 3 heteroatoms. The summed E-state index contributed by atoms with van der Waals surface area (Å²) in [5.41, 5.74) is 1.81. The van der Waals surface area contributed by atoms with E-state index in [0.717, 1.165) is 16.5 Å². The zero-order valence-electron chi connectivity index (χ0n) is 6.74. The Morgan fingerprint density at radius 1 is 1.15 bits per heavy atom. The highest BCUT2D eigenvalue weighted by Crippen LogP contribution is 2.26. The highest BCUT2D eigenvalue weighted by molar-refractivity contribution is 6.44. The third-order valence-electron chi connectivity index (χ3n) is 1.88.